The zero-order chi connectivity index (χ0) is 22.9. The van der Waals surface area contributed by atoms with Gasteiger partial charge < -0.3 is 10.4 Å². The number of aliphatic carboxylic acids is 1. The number of carbonyl (C=O) groups is 2. The summed E-state index contributed by atoms with van der Waals surface area (Å²) in [6.45, 7) is 2.66. The van der Waals surface area contributed by atoms with E-state index in [9.17, 15) is 19.1 Å². The van der Waals surface area contributed by atoms with Gasteiger partial charge in [0.15, 0.2) is 0 Å². The van der Waals surface area contributed by atoms with Gasteiger partial charge in [0.05, 0.1) is 17.7 Å². The molecule has 0 spiro atoms. The van der Waals surface area contributed by atoms with Crippen LogP contribution >= 0.6 is 0 Å². The smallest absolute Gasteiger partial charge is 0.307 e. The molecule has 7 nitrogen and oxygen atoms in total. The van der Waals surface area contributed by atoms with Crippen LogP contribution in [0.15, 0.2) is 30.5 Å². The van der Waals surface area contributed by atoms with Crippen LogP contribution in [0.1, 0.15) is 75.6 Å². The maximum Gasteiger partial charge on any atom is 0.307 e. The molecule has 1 aliphatic rings. The highest BCUT2D eigenvalue weighted by molar-refractivity contribution is 5.76. The molecule has 1 aromatic heterocycles. The third kappa shape index (κ3) is 7.73. The first kappa shape index (κ1) is 23.9. The van der Waals surface area contributed by atoms with Gasteiger partial charge in [-0.3, -0.25) is 14.3 Å². The number of hydrogen-bond donors (Lipinski definition) is 2. The first-order valence-electron chi connectivity index (χ1n) is 11.6. The zero-order valence-corrected chi connectivity index (χ0v) is 18.7. The van der Waals surface area contributed by atoms with E-state index in [1.54, 1.807) is 16.8 Å². The summed E-state index contributed by atoms with van der Waals surface area (Å²) in [6.07, 6.45) is 9.71. The van der Waals surface area contributed by atoms with Crippen molar-refractivity contribution in [1.29, 1.82) is 0 Å². The Morgan fingerprint density at radius 3 is 2.53 bits per heavy atom. The number of halogens is 1. The number of nitrogens with one attached hydrogen (secondary N) is 1. The van der Waals surface area contributed by atoms with Gasteiger partial charge in [0.1, 0.15) is 5.82 Å². The van der Waals surface area contributed by atoms with Crippen LogP contribution in [0.25, 0.3) is 0 Å². The molecule has 1 amide bonds. The molecule has 3 rings (SSSR count). The van der Waals surface area contributed by atoms with Crippen molar-refractivity contribution in [2.75, 3.05) is 0 Å². The van der Waals surface area contributed by atoms with Crippen molar-refractivity contribution in [3.05, 3.63) is 47.5 Å². The summed E-state index contributed by atoms with van der Waals surface area (Å²) in [5, 5.41) is 20.6. The number of unbranched alkanes of at least 4 members (excludes halogenated alkanes) is 4. The molecule has 174 valence electrons. The highest BCUT2D eigenvalue weighted by Gasteiger charge is 2.36. The summed E-state index contributed by atoms with van der Waals surface area (Å²) >= 11 is 0. The molecule has 0 radical (unpaired) electrons. The van der Waals surface area contributed by atoms with Gasteiger partial charge in [0.25, 0.3) is 0 Å². The number of rotatable bonds is 14. The lowest BCUT2D eigenvalue weighted by Crippen LogP contribution is -2.26. The van der Waals surface area contributed by atoms with Crippen molar-refractivity contribution in [3.63, 3.8) is 0 Å². The molecule has 1 aromatic carbocycles. The van der Waals surface area contributed by atoms with Gasteiger partial charge in [0.2, 0.25) is 5.91 Å². The van der Waals surface area contributed by atoms with Crippen LogP contribution in [0, 0.1) is 17.7 Å². The Bertz CT molecular complexity index is 880. The Kier molecular flexibility index (Phi) is 8.76. The van der Waals surface area contributed by atoms with Crippen molar-refractivity contribution < 1.29 is 19.1 Å². The van der Waals surface area contributed by atoms with Crippen molar-refractivity contribution in [3.8, 4) is 0 Å². The molecule has 2 aromatic rings. The van der Waals surface area contributed by atoms with Gasteiger partial charge in [-0.05, 0) is 56.2 Å². The minimum Gasteiger partial charge on any atom is -0.481 e. The summed E-state index contributed by atoms with van der Waals surface area (Å²) in [4.78, 5) is 23.5. The van der Waals surface area contributed by atoms with Crippen LogP contribution in [0.4, 0.5) is 4.39 Å². The fourth-order valence-corrected chi connectivity index (χ4v) is 3.96. The third-order valence-electron chi connectivity index (χ3n) is 6.06. The summed E-state index contributed by atoms with van der Waals surface area (Å²) < 4.78 is 14.8. The molecule has 1 fully saturated rings. The van der Waals surface area contributed by atoms with E-state index >= 15 is 0 Å². The topological polar surface area (TPSA) is 97.1 Å². The van der Waals surface area contributed by atoms with E-state index in [0.29, 0.717) is 18.8 Å². The van der Waals surface area contributed by atoms with Gasteiger partial charge in [-0.25, -0.2) is 4.39 Å². The highest BCUT2D eigenvalue weighted by atomic mass is 19.1. The largest absolute Gasteiger partial charge is 0.481 e. The third-order valence-corrected chi connectivity index (χ3v) is 6.06. The monoisotopic (exact) mass is 444 g/mol. The van der Waals surface area contributed by atoms with E-state index in [2.05, 4.69) is 15.6 Å². The van der Waals surface area contributed by atoms with Crippen LogP contribution in [0.5, 0.6) is 0 Å². The van der Waals surface area contributed by atoms with Gasteiger partial charge in [-0.1, -0.05) is 36.6 Å². The quantitative estimate of drug-likeness (QED) is 0.424. The summed E-state index contributed by atoms with van der Waals surface area (Å²) in [5.74, 6) is -1.04. The summed E-state index contributed by atoms with van der Waals surface area (Å²) in [6, 6.07) is 6.05. The fraction of sp³-hybridized carbons (Fsp3) is 0.583. The Morgan fingerprint density at radius 1 is 1.16 bits per heavy atom. The number of aromatic nitrogens is 3. The predicted octanol–water partition coefficient (Wildman–Crippen LogP) is 4.29. The minimum atomic E-state index is -0.736. The second kappa shape index (κ2) is 11.7. The Balaban J connectivity index is 1.24. The minimum absolute atomic E-state index is 0.0165. The lowest BCUT2D eigenvalue weighted by atomic mass is 9.98. The van der Waals surface area contributed by atoms with Crippen molar-refractivity contribution in [2.45, 2.75) is 77.3 Å². The van der Waals surface area contributed by atoms with E-state index in [0.717, 1.165) is 62.7 Å². The molecule has 32 heavy (non-hydrogen) atoms. The van der Waals surface area contributed by atoms with Crippen LogP contribution < -0.4 is 5.32 Å². The number of amides is 1. The van der Waals surface area contributed by atoms with Gasteiger partial charge in [-0.15, -0.1) is 5.10 Å². The van der Waals surface area contributed by atoms with Gasteiger partial charge >= 0.3 is 5.97 Å². The number of carboxylic acid groups (broad SMARTS) is 1. The molecule has 2 atom stereocenters. The molecule has 0 saturated heterocycles. The normalized spacial score (nSPS) is 15.3. The van der Waals surface area contributed by atoms with Crippen LogP contribution in [-0.2, 0) is 22.6 Å². The van der Waals surface area contributed by atoms with Gasteiger partial charge in [0, 0.05) is 25.6 Å². The van der Waals surface area contributed by atoms with Gasteiger partial charge in [-0.2, -0.15) is 0 Å². The Morgan fingerprint density at radius 2 is 1.84 bits per heavy atom. The number of nitrogens with zero attached hydrogens (tertiary/aromatic N) is 3. The second-order valence-corrected chi connectivity index (χ2v) is 8.82. The van der Waals surface area contributed by atoms with Crippen LogP contribution in [0.3, 0.4) is 0 Å². The molecule has 1 unspecified atom stereocenters. The van der Waals surface area contributed by atoms with E-state index in [-0.39, 0.29) is 23.7 Å². The van der Waals surface area contributed by atoms with E-state index < -0.39 is 5.97 Å². The van der Waals surface area contributed by atoms with E-state index in [1.807, 2.05) is 13.1 Å². The average molecular weight is 445 g/mol. The molecule has 1 saturated carbocycles. The molecule has 1 aliphatic carbocycles. The van der Waals surface area contributed by atoms with E-state index in [4.69, 9.17) is 0 Å². The fourth-order valence-electron chi connectivity index (χ4n) is 3.96. The van der Waals surface area contributed by atoms with Crippen molar-refractivity contribution in [2.24, 2.45) is 11.8 Å². The van der Waals surface area contributed by atoms with Crippen molar-refractivity contribution >= 4 is 11.9 Å². The number of benzene rings is 1. The molecule has 1 heterocycles. The predicted molar refractivity (Wildman–Crippen MR) is 118 cm³/mol. The first-order valence-corrected chi connectivity index (χ1v) is 11.6. The maximum atomic E-state index is 13.0. The number of hydrogen-bond acceptors (Lipinski definition) is 4. The average Bonchev–Trinajstić information content (AvgIpc) is 3.50. The number of carboxylic acids is 1. The SMILES string of the molecule is C[C@@H](NC(=O)CCCCCCCn1cc(CC(C(=O)O)C2CC2)nn1)c1ccc(F)cc1. The lowest BCUT2D eigenvalue weighted by molar-refractivity contribution is -0.142. The zero-order valence-electron chi connectivity index (χ0n) is 18.7. The second-order valence-electron chi connectivity index (χ2n) is 8.82. The Labute approximate surface area is 188 Å². The van der Waals surface area contributed by atoms with Crippen LogP contribution in [0.2, 0.25) is 0 Å². The molecule has 8 heteroatoms. The van der Waals surface area contributed by atoms with Crippen LogP contribution in [-0.4, -0.2) is 32.0 Å². The maximum absolute atomic E-state index is 13.0. The molecule has 0 aliphatic heterocycles. The summed E-state index contributed by atoms with van der Waals surface area (Å²) in [7, 11) is 0. The van der Waals surface area contributed by atoms with Crippen molar-refractivity contribution in [1.82, 2.24) is 20.3 Å². The lowest BCUT2D eigenvalue weighted by Gasteiger charge is -2.14. The molecular weight excluding hydrogens is 411 g/mol. The highest BCUT2D eigenvalue weighted by Crippen LogP contribution is 2.38. The first-order chi connectivity index (χ1) is 15.4. The summed E-state index contributed by atoms with van der Waals surface area (Å²) in [5.41, 5.74) is 1.65. The van der Waals surface area contributed by atoms with E-state index in [1.165, 1.54) is 12.1 Å². The Hall–Kier alpha value is -2.77. The number of carbonyl (C=O) groups excluding carboxylic acids is 1. The standard InChI is InChI=1S/C24H33FN4O3/c1-17(18-10-12-20(25)13-11-18)26-23(30)7-5-3-2-4-6-14-29-16-21(27-28-29)15-22(24(31)32)19-8-9-19/h10-13,16-17,19,22H,2-9,14-15H2,1H3,(H,26,30)(H,31,32)/t17-,22?/m1/s1. The molecular formula is C24H33FN4O3. The number of aryl methyl sites for hydroxylation is 1. The molecule has 2 N–H and O–H groups in total. The molecule has 0 bridgehead atoms.